The molecule has 4 saturated carbocycles. The monoisotopic (exact) mass is 460 g/mol. The number of rotatable bonds is 6. The lowest BCUT2D eigenvalue weighted by molar-refractivity contribution is -0.129. The van der Waals surface area contributed by atoms with Gasteiger partial charge in [-0.05, 0) is 109 Å². The number of nitrogens with zero attached hydrogens (tertiary/aromatic N) is 2. The summed E-state index contributed by atoms with van der Waals surface area (Å²) >= 11 is 0. The van der Waals surface area contributed by atoms with Crippen LogP contribution in [-0.4, -0.2) is 62.6 Å². The molecule has 4 nitrogen and oxygen atoms in total. The van der Waals surface area contributed by atoms with Crippen molar-refractivity contribution in [2.45, 2.75) is 51.4 Å². The van der Waals surface area contributed by atoms with Gasteiger partial charge in [-0.2, -0.15) is 0 Å². The first-order valence-corrected chi connectivity index (χ1v) is 11.7. The lowest BCUT2D eigenvalue weighted by Crippen LogP contribution is -2.43. The Labute approximate surface area is 195 Å². The van der Waals surface area contributed by atoms with Crippen molar-refractivity contribution in [1.82, 2.24) is 9.80 Å². The number of ketones is 2. The van der Waals surface area contributed by atoms with E-state index < -0.39 is 0 Å². The first-order chi connectivity index (χ1) is 13.4. The van der Waals surface area contributed by atoms with Gasteiger partial charge in [0.15, 0.2) is 0 Å². The van der Waals surface area contributed by atoms with E-state index in [1.165, 1.54) is 32.1 Å². The maximum absolute atomic E-state index is 13.0. The van der Waals surface area contributed by atoms with Crippen molar-refractivity contribution < 1.29 is 9.59 Å². The Morgan fingerprint density at radius 1 is 0.667 bits per heavy atom. The Morgan fingerprint density at radius 3 is 1.90 bits per heavy atom. The van der Waals surface area contributed by atoms with Gasteiger partial charge >= 0.3 is 0 Å². The topological polar surface area (TPSA) is 40.6 Å². The molecule has 8 atom stereocenters. The molecule has 4 rings (SSSR count). The van der Waals surface area contributed by atoms with Crippen LogP contribution in [0.5, 0.6) is 0 Å². The van der Waals surface area contributed by atoms with Gasteiger partial charge in [-0.25, -0.2) is 0 Å². The fourth-order valence-corrected chi connectivity index (χ4v) is 7.99. The van der Waals surface area contributed by atoms with Gasteiger partial charge in [-0.3, -0.25) is 9.59 Å². The maximum atomic E-state index is 13.0. The van der Waals surface area contributed by atoms with Crippen molar-refractivity contribution in [2.24, 2.45) is 47.3 Å². The lowest BCUT2D eigenvalue weighted by Gasteiger charge is -2.46. The van der Waals surface area contributed by atoms with E-state index >= 15 is 0 Å². The minimum atomic E-state index is 0. The molecule has 4 aliphatic carbocycles. The molecule has 0 aliphatic heterocycles. The third kappa shape index (κ3) is 4.92. The maximum Gasteiger partial charge on any atom is 0.150 e. The van der Waals surface area contributed by atoms with Crippen LogP contribution in [0.1, 0.15) is 51.4 Å². The number of hydrogen-bond donors (Lipinski definition) is 0. The standard InChI is InChI=1S/C24H40N2O2.2ClH/c1-25(2)13-22(27)15-8-9-16-18-6-5-7-19-17(23(28)14-26(3)4)10-11-20(24(18)19)21(16)12-15;;/h15-21,24H,5-14H2,1-4H3;2*1H. The molecule has 0 saturated heterocycles. The van der Waals surface area contributed by atoms with E-state index in [0.717, 1.165) is 48.9 Å². The van der Waals surface area contributed by atoms with E-state index in [1.54, 1.807) is 0 Å². The second-order valence-electron chi connectivity index (χ2n) is 10.9. The summed E-state index contributed by atoms with van der Waals surface area (Å²) < 4.78 is 0. The van der Waals surface area contributed by atoms with Gasteiger partial charge in [0.25, 0.3) is 0 Å². The summed E-state index contributed by atoms with van der Waals surface area (Å²) in [6, 6.07) is 0. The average Bonchev–Trinajstić information content (AvgIpc) is 2.96. The molecule has 0 aromatic rings. The molecule has 0 aromatic carbocycles. The van der Waals surface area contributed by atoms with Crippen molar-refractivity contribution in [2.75, 3.05) is 41.3 Å². The Bertz CT molecular complexity index is 612. The van der Waals surface area contributed by atoms with E-state index in [9.17, 15) is 9.59 Å². The molecule has 0 radical (unpaired) electrons. The van der Waals surface area contributed by atoms with Gasteiger partial charge in [0, 0.05) is 11.8 Å². The zero-order chi connectivity index (χ0) is 20.0. The molecule has 30 heavy (non-hydrogen) atoms. The smallest absolute Gasteiger partial charge is 0.150 e. The van der Waals surface area contributed by atoms with E-state index in [4.69, 9.17) is 0 Å². The van der Waals surface area contributed by atoms with Gasteiger partial charge in [0.2, 0.25) is 0 Å². The second-order valence-corrected chi connectivity index (χ2v) is 10.9. The van der Waals surface area contributed by atoms with Gasteiger partial charge in [0.1, 0.15) is 11.6 Å². The van der Waals surface area contributed by atoms with E-state index in [1.807, 2.05) is 38.0 Å². The predicted octanol–water partition coefficient (Wildman–Crippen LogP) is 4.20. The molecule has 0 aromatic heterocycles. The highest BCUT2D eigenvalue weighted by atomic mass is 35.5. The van der Waals surface area contributed by atoms with Crippen LogP contribution in [0.4, 0.5) is 0 Å². The van der Waals surface area contributed by atoms with Gasteiger partial charge in [-0.15, -0.1) is 24.8 Å². The van der Waals surface area contributed by atoms with Crippen LogP contribution >= 0.6 is 24.8 Å². The molecular weight excluding hydrogens is 419 g/mol. The van der Waals surface area contributed by atoms with Crippen molar-refractivity contribution in [3.05, 3.63) is 0 Å². The normalized spacial score (nSPS) is 39.5. The third-order valence-corrected chi connectivity index (χ3v) is 8.75. The average molecular weight is 462 g/mol. The highest BCUT2D eigenvalue weighted by Gasteiger charge is 2.58. The van der Waals surface area contributed by atoms with E-state index in [0.29, 0.717) is 36.5 Å². The highest BCUT2D eigenvalue weighted by molar-refractivity contribution is 5.86. The van der Waals surface area contributed by atoms with Crippen LogP contribution in [0.3, 0.4) is 0 Å². The van der Waals surface area contributed by atoms with Crippen molar-refractivity contribution in [3.8, 4) is 0 Å². The van der Waals surface area contributed by atoms with Crippen LogP contribution in [0.2, 0.25) is 0 Å². The molecule has 0 heterocycles. The summed E-state index contributed by atoms with van der Waals surface area (Å²) in [6.45, 7) is 1.21. The lowest BCUT2D eigenvalue weighted by atomic mass is 9.59. The van der Waals surface area contributed by atoms with Gasteiger partial charge in [-0.1, -0.05) is 6.42 Å². The second kappa shape index (κ2) is 10.6. The quantitative estimate of drug-likeness (QED) is 0.595. The molecular formula is C24H42Cl2N2O2. The highest BCUT2D eigenvalue weighted by Crippen LogP contribution is 2.64. The molecule has 4 aliphatic rings. The number of hydrogen-bond acceptors (Lipinski definition) is 4. The molecule has 8 unspecified atom stereocenters. The van der Waals surface area contributed by atoms with Crippen LogP contribution in [0.25, 0.3) is 0 Å². The Hall–Kier alpha value is -0.160. The minimum absolute atomic E-state index is 0. The summed E-state index contributed by atoms with van der Waals surface area (Å²) in [5, 5.41) is 0. The Kier molecular flexibility index (Phi) is 9.25. The molecule has 6 heteroatoms. The van der Waals surface area contributed by atoms with Crippen LogP contribution in [0.15, 0.2) is 0 Å². The fourth-order valence-electron chi connectivity index (χ4n) is 7.99. The number of Topliss-reactive ketones (excluding diaryl/α,β-unsaturated/α-hetero) is 2. The molecule has 0 amide bonds. The van der Waals surface area contributed by atoms with Crippen LogP contribution in [-0.2, 0) is 9.59 Å². The summed E-state index contributed by atoms with van der Waals surface area (Å²) in [5.41, 5.74) is 0. The Balaban J connectivity index is 0.00000160. The fraction of sp³-hybridized carbons (Fsp3) is 0.917. The van der Waals surface area contributed by atoms with Crippen LogP contribution < -0.4 is 0 Å². The third-order valence-electron chi connectivity index (χ3n) is 8.75. The summed E-state index contributed by atoms with van der Waals surface area (Å²) in [7, 11) is 8.04. The number of carbonyl (C=O) groups excluding carboxylic acids is 2. The molecule has 174 valence electrons. The van der Waals surface area contributed by atoms with Gasteiger partial charge < -0.3 is 9.80 Å². The summed E-state index contributed by atoms with van der Waals surface area (Å²) in [5.74, 6) is 6.17. The zero-order valence-electron chi connectivity index (χ0n) is 19.2. The largest absolute Gasteiger partial charge is 0.302 e. The number of halogens is 2. The molecule has 0 spiro atoms. The molecule has 4 fully saturated rings. The van der Waals surface area contributed by atoms with Crippen molar-refractivity contribution in [3.63, 3.8) is 0 Å². The van der Waals surface area contributed by atoms with E-state index in [2.05, 4.69) is 0 Å². The van der Waals surface area contributed by atoms with Crippen molar-refractivity contribution in [1.29, 1.82) is 0 Å². The molecule has 0 bridgehead atoms. The minimum Gasteiger partial charge on any atom is -0.302 e. The summed E-state index contributed by atoms with van der Waals surface area (Å²) in [6.07, 6.45) is 9.80. The zero-order valence-corrected chi connectivity index (χ0v) is 20.9. The molecule has 0 N–H and O–H groups in total. The SMILES string of the molecule is CN(C)CC(=O)C1CCC2C(C1)C1CCC(C(=O)CN(C)C)C3CCCC2C31.Cl.Cl. The number of fused-ring (bicyclic) bond motifs is 3. The predicted molar refractivity (Wildman–Crippen MR) is 126 cm³/mol. The number of likely N-dealkylation sites (N-methyl/N-ethyl adjacent to an activating group) is 2. The first kappa shape index (κ1) is 26.1. The Morgan fingerprint density at radius 2 is 1.23 bits per heavy atom. The van der Waals surface area contributed by atoms with Gasteiger partial charge in [0.05, 0.1) is 13.1 Å². The van der Waals surface area contributed by atoms with E-state index in [-0.39, 0.29) is 30.7 Å². The van der Waals surface area contributed by atoms with Crippen LogP contribution in [0, 0.1) is 47.3 Å². The van der Waals surface area contributed by atoms with Crippen molar-refractivity contribution >= 4 is 36.4 Å². The summed E-state index contributed by atoms with van der Waals surface area (Å²) in [4.78, 5) is 29.8. The number of carbonyl (C=O) groups is 2. The first-order valence-electron chi connectivity index (χ1n) is 11.7.